The van der Waals surface area contributed by atoms with Gasteiger partial charge in [0.15, 0.2) is 5.13 Å². The van der Waals surface area contributed by atoms with E-state index in [-0.39, 0.29) is 11.9 Å². The van der Waals surface area contributed by atoms with E-state index in [2.05, 4.69) is 15.2 Å². The lowest BCUT2D eigenvalue weighted by atomic mass is 9.97. The second kappa shape index (κ2) is 8.13. The fourth-order valence-electron chi connectivity index (χ4n) is 3.25. The van der Waals surface area contributed by atoms with Crippen LogP contribution in [0.1, 0.15) is 30.3 Å². The lowest BCUT2D eigenvalue weighted by molar-refractivity contribution is -0.152. The number of nitrogens with one attached hydrogen (secondary N) is 1. The van der Waals surface area contributed by atoms with Crippen LogP contribution in [0.5, 0.6) is 0 Å². The minimum atomic E-state index is -0.668. The normalized spacial score (nSPS) is 18.3. The zero-order valence-corrected chi connectivity index (χ0v) is 15.9. The largest absolute Gasteiger partial charge is 0.466 e. The lowest BCUT2D eigenvalue weighted by Gasteiger charge is -2.30. The van der Waals surface area contributed by atoms with Crippen molar-refractivity contribution in [1.29, 1.82) is 0 Å². The van der Waals surface area contributed by atoms with Crippen molar-refractivity contribution >= 4 is 34.3 Å². The lowest BCUT2D eigenvalue weighted by Crippen LogP contribution is -2.45. The molecule has 1 aromatic heterocycles. The highest BCUT2D eigenvalue weighted by atomic mass is 32.1. The van der Waals surface area contributed by atoms with Gasteiger partial charge in [-0.1, -0.05) is 0 Å². The first-order valence-electron chi connectivity index (χ1n) is 8.92. The summed E-state index contributed by atoms with van der Waals surface area (Å²) in [6.07, 6.45) is 1.90. The molecule has 2 aliphatic rings. The molecule has 0 aromatic carbocycles. The van der Waals surface area contributed by atoms with Crippen molar-refractivity contribution in [1.82, 2.24) is 14.8 Å². The van der Waals surface area contributed by atoms with Crippen LogP contribution < -0.4 is 5.32 Å². The summed E-state index contributed by atoms with van der Waals surface area (Å²) in [5.41, 5.74) is 1.01. The van der Waals surface area contributed by atoms with Gasteiger partial charge < -0.3 is 14.5 Å². The number of likely N-dealkylation sites (tertiary alicyclic amines) is 1. The predicted molar refractivity (Wildman–Crippen MR) is 96.7 cm³/mol. The van der Waals surface area contributed by atoms with Gasteiger partial charge in [-0.3, -0.25) is 19.7 Å². The molecule has 0 aliphatic carbocycles. The molecule has 2 aliphatic heterocycles. The van der Waals surface area contributed by atoms with Crippen LogP contribution in [0.4, 0.5) is 5.13 Å². The Balaban J connectivity index is 1.53. The monoisotopic (exact) mass is 380 g/mol. The Labute approximate surface area is 156 Å². The maximum Gasteiger partial charge on any atom is 0.315 e. The van der Waals surface area contributed by atoms with Gasteiger partial charge in [-0.05, 0) is 26.8 Å². The van der Waals surface area contributed by atoms with Crippen LogP contribution in [0.15, 0.2) is 0 Å². The van der Waals surface area contributed by atoms with Crippen molar-refractivity contribution < 1.29 is 19.1 Å². The van der Waals surface area contributed by atoms with Gasteiger partial charge >= 0.3 is 17.8 Å². The second-order valence-electron chi connectivity index (χ2n) is 6.65. The standard InChI is InChI=1S/C17H24N4O4S/c1-3-25-16(24)11-4-8-21(9-5-11)15(23)14(22)19-17-18-12-6-7-20(2)10-13(12)26-17/h11H,3-10H2,1-2H3,(H,18,19,22). The van der Waals surface area contributed by atoms with Crippen molar-refractivity contribution in [2.45, 2.75) is 32.7 Å². The Morgan fingerprint density at radius 1 is 1.27 bits per heavy atom. The summed E-state index contributed by atoms with van der Waals surface area (Å²) in [5, 5.41) is 3.11. The van der Waals surface area contributed by atoms with E-state index >= 15 is 0 Å². The van der Waals surface area contributed by atoms with E-state index in [4.69, 9.17) is 4.74 Å². The SMILES string of the molecule is CCOC(=O)C1CCN(C(=O)C(=O)Nc2nc3c(s2)CN(C)CC3)CC1. The van der Waals surface area contributed by atoms with E-state index in [1.165, 1.54) is 16.2 Å². The van der Waals surface area contributed by atoms with Crippen molar-refractivity contribution in [3.8, 4) is 0 Å². The van der Waals surface area contributed by atoms with Gasteiger partial charge in [0.25, 0.3) is 0 Å². The molecule has 0 saturated carbocycles. The van der Waals surface area contributed by atoms with Crippen molar-refractivity contribution in [2.24, 2.45) is 5.92 Å². The number of carbonyl (C=O) groups excluding carboxylic acids is 3. The fraction of sp³-hybridized carbons (Fsp3) is 0.647. The Bertz CT molecular complexity index is 697. The molecule has 0 atom stereocenters. The predicted octanol–water partition coefficient (Wildman–Crippen LogP) is 0.871. The van der Waals surface area contributed by atoms with E-state index in [0.29, 0.717) is 37.7 Å². The molecule has 1 aromatic rings. The number of ether oxygens (including phenoxy) is 1. The summed E-state index contributed by atoms with van der Waals surface area (Å²) in [6, 6.07) is 0. The Kier molecular flexibility index (Phi) is 5.87. The molecule has 142 valence electrons. The number of hydrogen-bond acceptors (Lipinski definition) is 7. The van der Waals surface area contributed by atoms with E-state index in [1.54, 1.807) is 6.92 Å². The van der Waals surface area contributed by atoms with Gasteiger partial charge in [0.1, 0.15) is 0 Å². The zero-order chi connectivity index (χ0) is 18.7. The first-order valence-corrected chi connectivity index (χ1v) is 9.73. The number of likely N-dealkylation sites (N-methyl/N-ethyl adjacent to an activating group) is 1. The molecule has 0 unspecified atom stereocenters. The van der Waals surface area contributed by atoms with Gasteiger partial charge in [0.05, 0.1) is 18.2 Å². The number of hydrogen-bond donors (Lipinski definition) is 1. The van der Waals surface area contributed by atoms with Crippen LogP contribution in [-0.2, 0) is 32.1 Å². The maximum absolute atomic E-state index is 12.4. The minimum absolute atomic E-state index is 0.190. The quantitative estimate of drug-likeness (QED) is 0.618. The number of nitrogens with zero attached hydrogens (tertiary/aromatic N) is 3. The van der Waals surface area contributed by atoms with E-state index in [0.717, 1.165) is 30.1 Å². The first-order chi connectivity index (χ1) is 12.5. The molecule has 8 nitrogen and oxygen atoms in total. The number of rotatable bonds is 3. The van der Waals surface area contributed by atoms with Gasteiger partial charge in [0.2, 0.25) is 0 Å². The number of carbonyl (C=O) groups is 3. The summed E-state index contributed by atoms with van der Waals surface area (Å²) in [7, 11) is 2.05. The molecule has 3 rings (SSSR count). The van der Waals surface area contributed by atoms with E-state index in [1.807, 2.05) is 7.05 Å². The number of thiazole rings is 1. The molecule has 1 saturated heterocycles. The summed E-state index contributed by atoms with van der Waals surface area (Å²) in [6.45, 7) is 4.66. The van der Waals surface area contributed by atoms with Gasteiger partial charge in [-0.15, -0.1) is 11.3 Å². The number of aromatic nitrogens is 1. The number of anilines is 1. The molecule has 1 N–H and O–H groups in total. The van der Waals surface area contributed by atoms with Crippen molar-refractivity contribution in [3.05, 3.63) is 10.6 Å². The third-order valence-corrected chi connectivity index (χ3v) is 5.74. The van der Waals surface area contributed by atoms with Crippen LogP contribution >= 0.6 is 11.3 Å². The number of piperidine rings is 1. The Morgan fingerprint density at radius 3 is 2.69 bits per heavy atom. The van der Waals surface area contributed by atoms with Gasteiger partial charge in [-0.25, -0.2) is 4.98 Å². The fourth-order valence-corrected chi connectivity index (χ4v) is 4.33. The molecule has 2 amide bonds. The summed E-state index contributed by atoms with van der Waals surface area (Å²) < 4.78 is 5.02. The van der Waals surface area contributed by atoms with Gasteiger partial charge in [-0.2, -0.15) is 0 Å². The average molecular weight is 380 g/mol. The second-order valence-corrected chi connectivity index (χ2v) is 7.73. The number of fused-ring (bicyclic) bond motifs is 1. The van der Waals surface area contributed by atoms with Crippen LogP contribution in [0.25, 0.3) is 0 Å². The first kappa shape index (κ1) is 18.8. The highest BCUT2D eigenvalue weighted by Gasteiger charge is 2.31. The highest BCUT2D eigenvalue weighted by molar-refractivity contribution is 7.16. The molecule has 3 heterocycles. The third kappa shape index (κ3) is 4.21. The average Bonchev–Trinajstić information content (AvgIpc) is 3.02. The molecule has 0 bridgehead atoms. The molecule has 1 fully saturated rings. The molecule has 9 heteroatoms. The number of amides is 2. The zero-order valence-electron chi connectivity index (χ0n) is 15.1. The van der Waals surface area contributed by atoms with E-state index in [9.17, 15) is 14.4 Å². The maximum atomic E-state index is 12.4. The Hall–Kier alpha value is -2.00. The minimum Gasteiger partial charge on any atom is -0.466 e. The molecular formula is C17H24N4O4S. The topological polar surface area (TPSA) is 91.8 Å². The van der Waals surface area contributed by atoms with E-state index < -0.39 is 11.8 Å². The molecule has 0 spiro atoms. The van der Waals surface area contributed by atoms with Crippen LogP contribution in [0, 0.1) is 5.92 Å². The molecule has 0 radical (unpaired) electrons. The van der Waals surface area contributed by atoms with Crippen LogP contribution in [0.3, 0.4) is 0 Å². The summed E-state index contributed by atoms with van der Waals surface area (Å²) >= 11 is 1.42. The summed E-state index contributed by atoms with van der Waals surface area (Å²) in [5.74, 6) is -1.65. The molecular weight excluding hydrogens is 356 g/mol. The highest BCUT2D eigenvalue weighted by Crippen LogP contribution is 2.27. The third-order valence-electron chi connectivity index (χ3n) is 4.74. The van der Waals surface area contributed by atoms with Gasteiger partial charge in [0, 0.05) is 37.5 Å². The van der Waals surface area contributed by atoms with Crippen molar-refractivity contribution in [3.63, 3.8) is 0 Å². The van der Waals surface area contributed by atoms with Crippen LogP contribution in [-0.4, -0.2) is 65.9 Å². The summed E-state index contributed by atoms with van der Waals surface area (Å²) in [4.78, 5) is 45.7. The number of esters is 1. The van der Waals surface area contributed by atoms with Crippen molar-refractivity contribution in [2.75, 3.05) is 38.6 Å². The van der Waals surface area contributed by atoms with Crippen LogP contribution in [0.2, 0.25) is 0 Å². The Morgan fingerprint density at radius 2 is 2.00 bits per heavy atom. The smallest absolute Gasteiger partial charge is 0.315 e. The molecule has 26 heavy (non-hydrogen) atoms.